The summed E-state index contributed by atoms with van der Waals surface area (Å²) in [5, 5.41) is 29.8. The summed E-state index contributed by atoms with van der Waals surface area (Å²) in [6, 6.07) is 6.17. The van der Waals surface area contributed by atoms with Crippen LogP contribution < -0.4 is 5.32 Å². The van der Waals surface area contributed by atoms with Crippen LogP contribution in [0.1, 0.15) is 0 Å². The SMILES string of the molecule is [C-]#[N+]CN(CCN(C[N+]#[C-])C[N+]#[C-])CCN1CCN(CCN(CCNCC#N)CCN(CC#N)CC#N)C1=O. The number of hydrogen-bond acceptors (Lipinski definition) is 9. The fourth-order valence-corrected chi connectivity index (χ4v) is 4.01. The normalized spacial score (nSPS) is 12.8. The molecule has 0 saturated carbocycles. The first-order valence-electron chi connectivity index (χ1n) is 12.8. The standard InChI is InChI=1S/C25H37N13O/c1-29-22-35(14-15-36(23-30-2)24-31-3)17-19-38-21-20-37(25(38)39)18-16-34(11-8-32-7-4-26)13-12-33(9-5-27)10-6-28/h32H,7-24H2. The van der Waals surface area contributed by atoms with Gasteiger partial charge in [0.15, 0.2) is 0 Å². The van der Waals surface area contributed by atoms with Crippen LogP contribution in [0.5, 0.6) is 0 Å². The van der Waals surface area contributed by atoms with Crippen molar-refractivity contribution in [2.75, 3.05) is 118 Å². The molecule has 0 radical (unpaired) electrons. The van der Waals surface area contributed by atoms with Crippen LogP contribution in [0.25, 0.3) is 14.5 Å². The molecule has 0 aromatic heterocycles. The Hall–Kier alpha value is -3.99. The second-order valence-electron chi connectivity index (χ2n) is 8.87. The van der Waals surface area contributed by atoms with Crippen LogP contribution in [0.3, 0.4) is 0 Å². The lowest BCUT2D eigenvalue weighted by molar-refractivity contribution is 0.170. The highest BCUT2D eigenvalue weighted by Gasteiger charge is 2.29. The lowest BCUT2D eigenvalue weighted by Gasteiger charge is -2.27. The predicted octanol–water partition coefficient (Wildman–Crippen LogP) is -0.277. The first-order valence-corrected chi connectivity index (χ1v) is 12.8. The highest BCUT2D eigenvalue weighted by Crippen LogP contribution is 2.09. The average Bonchev–Trinajstić information content (AvgIpc) is 3.28. The van der Waals surface area contributed by atoms with Crippen molar-refractivity contribution in [3.63, 3.8) is 0 Å². The summed E-state index contributed by atoms with van der Waals surface area (Å²) in [7, 11) is 0. The van der Waals surface area contributed by atoms with Gasteiger partial charge in [0, 0.05) is 78.5 Å². The number of nitriles is 3. The predicted molar refractivity (Wildman–Crippen MR) is 144 cm³/mol. The van der Waals surface area contributed by atoms with Crippen LogP contribution in [-0.4, -0.2) is 154 Å². The Morgan fingerprint density at radius 2 is 1.18 bits per heavy atom. The Balaban J connectivity index is 2.59. The third-order valence-electron chi connectivity index (χ3n) is 6.23. The Labute approximate surface area is 232 Å². The fraction of sp³-hybridized carbons (Fsp3) is 0.720. The molecule has 0 aromatic rings. The van der Waals surface area contributed by atoms with Crippen molar-refractivity contribution in [2.24, 2.45) is 0 Å². The van der Waals surface area contributed by atoms with Crippen molar-refractivity contribution in [3.05, 3.63) is 34.3 Å². The van der Waals surface area contributed by atoms with Crippen LogP contribution >= 0.6 is 0 Å². The van der Waals surface area contributed by atoms with Crippen molar-refractivity contribution >= 4 is 6.03 Å². The van der Waals surface area contributed by atoms with Crippen LogP contribution in [0.2, 0.25) is 0 Å². The number of amides is 2. The monoisotopic (exact) mass is 535 g/mol. The van der Waals surface area contributed by atoms with Crippen LogP contribution in [0, 0.1) is 53.7 Å². The molecule has 0 atom stereocenters. The molecule has 39 heavy (non-hydrogen) atoms. The van der Waals surface area contributed by atoms with Gasteiger partial charge in [0.05, 0.1) is 37.8 Å². The van der Waals surface area contributed by atoms with Crippen molar-refractivity contribution in [1.29, 1.82) is 15.8 Å². The van der Waals surface area contributed by atoms with E-state index in [9.17, 15) is 4.79 Å². The van der Waals surface area contributed by atoms with Crippen LogP contribution in [-0.2, 0) is 0 Å². The number of nitrogens with zero attached hydrogens (tertiary/aromatic N) is 12. The molecule has 1 aliphatic rings. The number of carbonyl (C=O) groups excluding carboxylic acids is 1. The Bertz CT molecular complexity index is 945. The average molecular weight is 536 g/mol. The molecule has 1 saturated heterocycles. The van der Waals surface area contributed by atoms with E-state index >= 15 is 0 Å². The zero-order chi connectivity index (χ0) is 28.7. The third kappa shape index (κ3) is 13.9. The molecule has 0 aromatic carbocycles. The van der Waals surface area contributed by atoms with Gasteiger partial charge >= 0.3 is 6.03 Å². The lowest BCUT2D eigenvalue weighted by Crippen LogP contribution is -2.44. The summed E-state index contributed by atoms with van der Waals surface area (Å²) in [6.07, 6.45) is 0. The van der Waals surface area contributed by atoms with Crippen molar-refractivity contribution in [2.45, 2.75) is 0 Å². The van der Waals surface area contributed by atoms with Gasteiger partial charge in [-0.1, -0.05) is 0 Å². The van der Waals surface area contributed by atoms with E-state index in [2.05, 4.69) is 43.0 Å². The molecular formula is C25H37N13O. The molecule has 1 fully saturated rings. The Kier molecular flexibility index (Phi) is 17.8. The molecular weight excluding hydrogens is 498 g/mol. The topological polar surface area (TPSA) is 133 Å². The van der Waals surface area contributed by atoms with E-state index in [-0.39, 0.29) is 45.7 Å². The van der Waals surface area contributed by atoms with Crippen molar-refractivity contribution in [1.82, 2.24) is 34.7 Å². The molecule has 1 heterocycles. The zero-order valence-corrected chi connectivity index (χ0v) is 22.5. The fourth-order valence-electron chi connectivity index (χ4n) is 4.01. The second kappa shape index (κ2) is 21.0. The summed E-state index contributed by atoms with van der Waals surface area (Å²) >= 11 is 0. The van der Waals surface area contributed by atoms with Gasteiger partial charge in [-0.25, -0.2) is 29.4 Å². The molecule has 14 heteroatoms. The second-order valence-corrected chi connectivity index (χ2v) is 8.87. The number of rotatable bonds is 21. The van der Waals surface area contributed by atoms with Gasteiger partial charge in [-0.3, -0.25) is 24.3 Å². The molecule has 2 amide bonds. The molecule has 0 aliphatic carbocycles. The largest absolute Gasteiger partial charge is 0.322 e. The Morgan fingerprint density at radius 3 is 1.72 bits per heavy atom. The van der Waals surface area contributed by atoms with E-state index in [0.29, 0.717) is 78.5 Å². The Morgan fingerprint density at radius 1 is 0.692 bits per heavy atom. The van der Waals surface area contributed by atoms with E-state index in [0.717, 1.165) is 0 Å². The minimum absolute atomic E-state index is 0.0430. The van der Waals surface area contributed by atoms with Gasteiger partial charge in [-0.2, -0.15) is 20.7 Å². The first kappa shape index (κ1) is 33.0. The molecule has 1 N–H and O–H groups in total. The van der Waals surface area contributed by atoms with Gasteiger partial charge in [-0.15, -0.1) is 0 Å². The molecule has 1 rings (SSSR count). The third-order valence-corrected chi connectivity index (χ3v) is 6.23. The minimum atomic E-state index is -0.0430. The molecule has 1 aliphatic heterocycles. The van der Waals surface area contributed by atoms with Gasteiger partial charge in [0.25, 0.3) is 20.0 Å². The van der Waals surface area contributed by atoms with E-state index in [1.54, 1.807) is 14.7 Å². The van der Waals surface area contributed by atoms with Gasteiger partial charge in [0.1, 0.15) is 0 Å². The highest BCUT2D eigenvalue weighted by molar-refractivity contribution is 5.76. The lowest BCUT2D eigenvalue weighted by atomic mass is 10.3. The summed E-state index contributed by atoms with van der Waals surface area (Å²) < 4.78 is 0. The first-order chi connectivity index (χ1) is 19.0. The minimum Gasteiger partial charge on any atom is -0.322 e. The maximum absolute atomic E-state index is 13.0. The molecule has 0 bridgehead atoms. The summed E-state index contributed by atoms with van der Waals surface area (Å²) in [5.41, 5.74) is 0. The van der Waals surface area contributed by atoms with Crippen LogP contribution in [0.15, 0.2) is 0 Å². The van der Waals surface area contributed by atoms with Gasteiger partial charge in [-0.05, 0) is 0 Å². The van der Waals surface area contributed by atoms with E-state index in [1.807, 2.05) is 9.80 Å². The molecule has 208 valence electrons. The maximum atomic E-state index is 13.0. The van der Waals surface area contributed by atoms with E-state index in [4.69, 9.17) is 35.5 Å². The molecule has 14 nitrogen and oxygen atoms in total. The number of nitrogens with one attached hydrogen (secondary N) is 1. The summed E-state index contributed by atoms with van der Waals surface area (Å²) in [4.78, 5) is 34.4. The number of carbonyl (C=O) groups is 1. The molecule has 0 spiro atoms. The number of hydrogen-bond donors (Lipinski definition) is 1. The number of urea groups is 1. The van der Waals surface area contributed by atoms with E-state index < -0.39 is 0 Å². The summed E-state index contributed by atoms with van der Waals surface area (Å²) in [6.45, 7) is 29.3. The highest BCUT2D eigenvalue weighted by atomic mass is 16.2. The smallest absolute Gasteiger partial charge is 0.320 e. The van der Waals surface area contributed by atoms with E-state index in [1.165, 1.54) is 0 Å². The quantitative estimate of drug-likeness (QED) is 0.120. The van der Waals surface area contributed by atoms with Gasteiger partial charge < -0.3 is 15.1 Å². The van der Waals surface area contributed by atoms with Crippen molar-refractivity contribution < 1.29 is 4.79 Å². The van der Waals surface area contributed by atoms with Crippen LogP contribution in [0.4, 0.5) is 4.79 Å². The van der Waals surface area contributed by atoms with Crippen molar-refractivity contribution in [3.8, 4) is 18.2 Å². The summed E-state index contributed by atoms with van der Waals surface area (Å²) in [5.74, 6) is 0. The maximum Gasteiger partial charge on any atom is 0.320 e. The zero-order valence-electron chi connectivity index (χ0n) is 22.5. The molecule has 0 unspecified atom stereocenters. The van der Waals surface area contributed by atoms with Gasteiger partial charge in [0.2, 0.25) is 0 Å².